The summed E-state index contributed by atoms with van der Waals surface area (Å²) in [5.41, 5.74) is 1.68. The molecule has 0 unspecified atom stereocenters. The van der Waals surface area contributed by atoms with Crippen LogP contribution in [0.1, 0.15) is 41.3 Å². The summed E-state index contributed by atoms with van der Waals surface area (Å²) in [5, 5.41) is 14.0. The Hall–Kier alpha value is -3.23. The van der Waals surface area contributed by atoms with E-state index >= 15 is 0 Å². The van der Waals surface area contributed by atoms with Crippen molar-refractivity contribution in [2.75, 3.05) is 30.4 Å². The quantitative estimate of drug-likeness (QED) is 0.497. The van der Waals surface area contributed by atoms with E-state index in [1.54, 1.807) is 12.1 Å². The Bertz CT molecular complexity index is 1230. The fourth-order valence-corrected chi connectivity index (χ4v) is 4.47. The van der Waals surface area contributed by atoms with Crippen LogP contribution in [0.5, 0.6) is 0 Å². The highest BCUT2D eigenvalue weighted by Crippen LogP contribution is 2.41. The molecule has 0 radical (unpaired) electrons. The van der Waals surface area contributed by atoms with Gasteiger partial charge in [0.25, 0.3) is 5.91 Å². The number of rotatable bonds is 6. The maximum Gasteiger partial charge on any atom is 0.253 e. The van der Waals surface area contributed by atoms with Crippen LogP contribution in [0.4, 0.5) is 11.5 Å². The summed E-state index contributed by atoms with van der Waals surface area (Å²) < 4.78 is 0. The second-order valence-electron chi connectivity index (χ2n) is 8.48. The molecule has 3 aromatic rings. The summed E-state index contributed by atoms with van der Waals surface area (Å²) in [4.78, 5) is 32.3. The monoisotopic (exact) mass is 498 g/mol. The number of aromatic nitrogens is 3. The molecular formula is C24H24Cl2N6O2. The van der Waals surface area contributed by atoms with Gasteiger partial charge in [-0.15, -0.1) is 10.2 Å². The minimum absolute atomic E-state index is 0.160. The summed E-state index contributed by atoms with van der Waals surface area (Å²) in [6, 6.07) is 12.8. The first-order chi connectivity index (χ1) is 16.2. The molecule has 0 atom stereocenters. The Labute approximate surface area is 207 Å². The van der Waals surface area contributed by atoms with Crippen LogP contribution >= 0.6 is 23.2 Å². The fraction of sp³-hybridized carbons (Fsp3) is 0.292. The third-order valence-electron chi connectivity index (χ3n) is 5.99. The molecule has 0 bridgehead atoms. The number of carbonyl (C=O) groups is 2. The molecule has 2 aromatic heterocycles. The van der Waals surface area contributed by atoms with Gasteiger partial charge in [-0.3, -0.25) is 9.59 Å². The molecule has 0 saturated carbocycles. The third-order valence-corrected chi connectivity index (χ3v) is 6.40. The Morgan fingerprint density at radius 2 is 1.79 bits per heavy atom. The Morgan fingerprint density at radius 3 is 2.44 bits per heavy atom. The summed E-state index contributed by atoms with van der Waals surface area (Å²) in [6.07, 6.45) is 1.40. The number of hydrogen-bond donors (Lipinski definition) is 2. The predicted molar refractivity (Wildman–Crippen MR) is 133 cm³/mol. The van der Waals surface area contributed by atoms with Gasteiger partial charge in [-0.1, -0.05) is 61.3 Å². The van der Waals surface area contributed by atoms with Gasteiger partial charge in [0.2, 0.25) is 5.91 Å². The smallest absolute Gasteiger partial charge is 0.253 e. The molecule has 1 aliphatic heterocycles. The van der Waals surface area contributed by atoms with Crippen LogP contribution in [0.2, 0.25) is 10.3 Å². The highest BCUT2D eigenvalue weighted by molar-refractivity contribution is 6.30. The second kappa shape index (κ2) is 9.56. The minimum Gasteiger partial charge on any atom is -0.355 e. The van der Waals surface area contributed by atoms with Crippen LogP contribution in [0, 0.1) is 0 Å². The summed E-state index contributed by atoms with van der Waals surface area (Å²) in [7, 11) is 1.51. The van der Waals surface area contributed by atoms with Crippen LogP contribution in [-0.2, 0) is 10.2 Å². The average Bonchev–Trinajstić information content (AvgIpc) is 2.80. The largest absolute Gasteiger partial charge is 0.355 e. The zero-order valence-electron chi connectivity index (χ0n) is 19.0. The van der Waals surface area contributed by atoms with Crippen molar-refractivity contribution >= 4 is 46.5 Å². The van der Waals surface area contributed by atoms with E-state index < -0.39 is 5.41 Å². The van der Waals surface area contributed by atoms with Crippen LogP contribution in [0.15, 0.2) is 48.7 Å². The molecule has 3 heterocycles. The lowest BCUT2D eigenvalue weighted by Gasteiger charge is -2.50. The van der Waals surface area contributed by atoms with Crippen LogP contribution in [-0.4, -0.2) is 47.1 Å². The highest BCUT2D eigenvalue weighted by Gasteiger charge is 2.52. The van der Waals surface area contributed by atoms with Crippen molar-refractivity contribution in [3.8, 4) is 0 Å². The molecule has 1 aromatic carbocycles. The number of hydrogen-bond acceptors (Lipinski definition) is 6. The van der Waals surface area contributed by atoms with Gasteiger partial charge in [-0.25, -0.2) is 4.98 Å². The maximum atomic E-state index is 13.9. The van der Waals surface area contributed by atoms with E-state index in [1.807, 2.05) is 29.2 Å². The minimum atomic E-state index is -0.873. The molecule has 2 amide bonds. The van der Waals surface area contributed by atoms with Gasteiger partial charge in [0, 0.05) is 20.1 Å². The van der Waals surface area contributed by atoms with E-state index in [-0.39, 0.29) is 28.4 Å². The number of nitrogens with one attached hydrogen (secondary N) is 2. The van der Waals surface area contributed by atoms with Crippen molar-refractivity contribution < 1.29 is 9.59 Å². The fourth-order valence-electron chi connectivity index (χ4n) is 4.21. The average molecular weight is 499 g/mol. The standard InChI is InChI=1S/C24H24Cl2N6O2/c1-14(2)15-6-4-5-7-17(15)24(12-32(13-24)21-9-8-19(25)30-31-21)23(34)29-18-11-28-20(26)10-16(18)22(33)27-3/h4-11,14H,12-13H2,1-3H3,(H,27,33)(H,29,34). The summed E-state index contributed by atoms with van der Waals surface area (Å²) >= 11 is 11.9. The number of carbonyl (C=O) groups excluding carboxylic acids is 2. The molecular weight excluding hydrogens is 475 g/mol. The molecule has 176 valence electrons. The number of halogens is 2. The van der Waals surface area contributed by atoms with Crippen LogP contribution in [0.25, 0.3) is 0 Å². The molecule has 0 aliphatic carbocycles. The van der Waals surface area contributed by atoms with Gasteiger partial charge >= 0.3 is 0 Å². The molecule has 0 spiro atoms. The molecule has 1 aliphatic rings. The van der Waals surface area contributed by atoms with E-state index in [2.05, 4.69) is 39.7 Å². The number of nitrogens with zero attached hydrogens (tertiary/aromatic N) is 4. The van der Waals surface area contributed by atoms with Gasteiger partial charge < -0.3 is 15.5 Å². The third kappa shape index (κ3) is 4.43. The normalized spacial score (nSPS) is 14.5. The Morgan fingerprint density at radius 1 is 1.06 bits per heavy atom. The molecule has 4 rings (SSSR count). The lowest BCUT2D eigenvalue weighted by atomic mass is 9.69. The maximum absolute atomic E-state index is 13.9. The van der Waals surface area contributed by atoms with Gasteiger partial charge in [0.1, 0.15) is 10.6 Å². The van der Waals surface area contributed by atoms with E-state index in [1.165, 1.54) is 19.3 Å². The van der Waals surface area contributed by atoms with Crippen molar-refractivity contribution in [3.63, 3.8) is 0 Å². The summed E-state index contributed by atoms with van der Waals surface area (Å²) in [5.74, 6) is 0.230. The molecule has 34 heavy (non-hydrogen) atoms. The van der Waals surface area contributed by atoms with E-state index in [9.17, 15) is 9.59 Å². The van der Waals surface area contributed by atoms with Gasteiger partial charge in [0.15, 0.2) is 11.0 Å². The number of amides is 2. The Kier molecular flexibility index (Phi) is 6.72. The second-order valence-corrected chi connectivity index (χ2v) is 9.25. The lowest BCUT2D eigenvalue weighted by Crippen LogP contribution is -2.66. The number of benzene rings is 1. The molecule has 1 saturated heterocycles. The van der Waals surface area contributed by atoms with Gasteiger partial charge in [-0.05, 0) is 35.2 Å². The van der Waals surface area contributed by atoms with Crippen molar-refractivity contribution in [1.82, 2.24) is 20.5 Å². The van der Waals surface area contributed by atoms with Crippen LogP contribution < -0.4 is 15.5 Å². The van der Waals surface area contributed by atoms with Gasteiger partial charge in [-0.2, -0.15) is 0 Å². The zero-order valence-corrected chi connectivity index (χ0v) is 20.5. The first kappa shape index (κ1) is 23.9. The SMILES string of the molecule is CNC(=O)c1cc(Cl)ncc1NC(=O)C1(c2ccccc2C(C)C)CN(c2ccc(Cl)nn2)C1. The highest BCUT2D eigenvalue weighted by atomic mass is 35.5. The Balaban J connectivity index is 1.73. The zero-order chi connectivity index (χ0) is 24.5. The van der Waals surface area contributed by atoms with Gasteiger partial charge in [0.05, 0.1) is 17.4 Å². The number of anilines is 2. The molecule has 1 fully saturated rings. The van der Waals surface area contributed by atoms with E-state index in [4.69, 9.17) is 23.2 Å². The van der Waals surface area contributed by atoms with E-state index in [0.29, 0.717) is 29.7 Å². The molecule has 8 nitrogen and oxygen atoms in total. The van der Waals surface area contributed by atoms with Crippen LogP contribution in [0.3, 0.4) is 0 Å². The van der Waals surface area contributed by atoms with Crippen molar-refractivity contribution in [2.45, 2.75) is 25.2 Å². The van der Waals surface area contributed by atoms with Crippen molar-refractivity contribution in [2.24, 2.45) is 0 Å². The topological polar surface area (TPSA) is 100 Å². The molecule has 2 N–H and O–H groups in total. The van der Waals surface area contributed by atoms with E-state index in [0.717, 1.165) is 11.1 Å². The van der Waals surface area contributed by atoms with Crippen molar-refractivity contribution in [1.29, 1.82) is 0 Å². The first-order valence-electron chi connectivity index (χ1n) is 10.8. The lowest BCUT2D eigenvalue weighted by molar-refractivity contribution is -0.122. The predicted octanol–water partition coefficient (Wildman–Crippen LogP) is 4.06. The molecule has 10 heteroatoms. The summed E-state index contributed by atoms with van der Waals surface area (Å²) in [6.45, 7) is 4.96. The van der Waals surface area contributed by atoms with Crippen molar-refractivity contribution in [3.05, 3.63) is 75.7 Å². The first-order valence-corrected chi connectivity index (χ1v) is 11.5. The number of pyridine rings is 1.